The summed E-state index contributed by atoms with van der Waals surface area (Å²) < 4.78 is 6.31. The number of likely N-dealkylation sites (tertiary alicyclic amines) is 1. The molecular weight excluding hydrogens is 572 g/mol. The van der Waals surface area contributed by atoms with Crippen molar-refractivity contribution in [3.8, 4) is 0 Å². The summed E-state index contributed by atoms with van der Waals surface area (Å²) in [5.41, 5.74) is 2.88. The summed E-state index contributed by atoms with van der Waals surface area (Å²) >= 11 is 3.55. The van der Waals surface area contributed by atoms with Crippen LogP contribution in [0.4, 0.5) is 16.2 Å². The van der Waals surface area contributed by atoms with Gasteiger partial charge in [-0.15, -0.1) is 0 Å². The van der Waals surface area contributed by atoms with E-state index >= 15 is 0 Å². The number of fused-ring (bicyclic) bond motifs is 2. The monoisotopic (exact) mass is 612 g/mol. The molecule has 1 spiro atoms. The van der Waals surface area contributed by atoms with E-state index in [0.29, 0.717) is 24.3 Å². The molecule has 5 rings (SSSR count). The molecule has 40 heavy (non-hydrogen) atoms. The van der Waals surface area contributed by atoms with E-state index in [1.165, 1.54) is 0 Å². The third-order valence-corrected chi connectivity index (χ3v) is 8.77. The van der Waals surface area contributed by atoms with E-state index in [0.717, 1.165) is 66.5 Å². The summed E-state index contributed by atoms with van der Waals surface area (Å²) in [6.45, 7) is 10.9. The van der Waals surface area contributed by atoms with Crippen molar-refractivity contribution < 1.29 is 14.3 Å². The number of rotatable bonds is 4. The molecular formula is C31H41BrN4O4. The van der Waals surface area contributed by atoms with E-state index in [4.69, 9.17) is 9.72 Å². The van der Waals surface area contributed by atoms with Crippen LogP contribution in [-0.4, -0.2) is 40.6 Å². The van der Waals surface area contributed by atoms with Crippen LogP contribution < -0.4 is 4.90 Å². The minimum absolute atomic E-state index is 0.0232. The molecule has 3 aliphatic rings. The molecule has 216 valence electrons. The largest absolute Gasteiger partial charge is 0.444 e. The van der Waals surface area contributed by atoms with E-state index in [2.05, 4.69) is 21.1 Å². The number of halogens is 1. The first-order valence-electron chi connectivity index (χ1n) is 14.5. The van der Waals surface area contributed by atoms with Crippen LogP contribution in [0.15, 0.2) is 40.0 Å². The molecule has 1 saturated carbocycles. The molecule has 0 bridgehead atoms. The van der Waals surface area contributed by atoms with Crippen LogP contribution in [0.5, 0.6) is 0 Å². The smallest absolute Gasteiger partial charge is 0.410 e. The zero-order valence-corrected chi connectivity index (χ0v) is 25.9. The normalized spacial score (nSPS) is 18.7. The average molecular weight is 614 g/mol. The van der Waals surface area contributed by atoms with Crippen molar-refractivity contribution in [1.82, 2.24) is 9.88 Å². The van der Waals surface area contributed by atoms with Gasteiger partial charge in [-0.05, 0) is 70.7 Å². The highest BCUT2D eigenvalue weighted by Crippen LogP contribution is 2.53. The van der Waals surface area contributed by atoms with Crippen LogP contribution >= 0.6 is 15.9 Å². The lowest BCUT2D eigenvalue weighted by Gasteiger charge is -2.34. The molecule has 0 atom stereocenters. The van der Waals surface area contributed by atoms with Gasteiger partial charge in [0.1, 0.15) is 12.1 Å². The number of nitroso groups, excluding NO2 is 1. The Hall–Kier alpha value is -2.81. The Morgan fingerprint density at radius 3 is 2.38 bits per heavy atom. The Balaban J connectivity index is 0.00000181. The van der Waals surface area contributed by atoms with Crippen LogP contribution in [0, 0.1) is 4.91 Å². The molecule has 1 saturated heterocycles. The summed E-state index contributed by atoms with van der Waals surface area (Å²) in [5.74, 6) is 0.256. The number of hydrogen-bond donors (Lipinski definition) is 0. The Labute approximate surface area is 246 Å². The number of amides is 2. The van der Waals surface area contributed by atoms with Crippen LogP contribution in [0.3, 0.4) is 0 Å². The highest BCUT2D eigenvalue weighted by Gasteiger charge is 2.53. The first-order valence-corrected chi connectivity index (χ1v) is 15.3. The highest BCUT2D eigenvalue weighted by molar-refractivity contribution is 9.10. The number of nitrogens with zero attached hydrogens (tertiary/aromatic N) is 4. The molecule has 2 aromatic rings. The molecule has 0 radical (unpaired) electrons. The Morgan fingerprint density at radius 1 is 1.07 bits per heavy atom. The molecule has 0 N–H and O–H groups in total. The minimum atomic E-state index is -0.644. The van der Waals surface area contributed by atoms with Gasteiger partial charge >= 0.3 is 6.09 Å². The van der Waals surface area contributed by atoms with Crippen molar-refractivity contribution in [3.05, 3.63) is 56.7 Å². The summed E-state index contributed by atoms with van der Waals surface area (Å²) in [6, 6.07) is 9.69. The SMILES string of the molecule is CC.CC(C)(C)OC(=O)N1CCC(c2ccc3c(n2)C2(CCCCC2)C(=O)N3c2cccc(Br)c2CN=O)CC1. The van der Waals surface area contributed by atoms with Crippen molar-refractivity contribution in [3.63, 3.8) is 0 Å². The van der Waals surface area contributed by atoms with Gasteiger partial charge in [0.2, 0.25) is 5.91 Å². The van der Waals surface area contributed by atoms with Crippen LogP contribution in [-0.2, 0) is 21.5 Å². The number of ether oxygens (including phenoxy) is 1. The number of carbonyl (C=O) groups is 2. The molecule has 9 heteroatoms. The Kier molecular flexibility index (Phi) is 9.33. The van der Waals surface area contributed by atoms with Crippen molar-refractivity contribution in [2.45, 2.75) is 103 Å². The molecule has 2 aliphatic heterocycles. The van der Waals surface area contributed by atoms with Crippen molar-refractivity contribution in [1.29, 1.82) is 0 Å². The van der Waals surface area contributed by atoms with Gasteiger partial charge in [-0.1, -0.05) is 60.3 Å². The molecule has 8 nitrogen and oxygen atoms in total. The summed E-state index contributed by atoms with van der Waals surface area (Å²) in [6.07, 6.45) is 5.98. The van der Waals surface area contributed by atoms with Gasteiger partial charge in [0, 0.05) is 34.7 Å². The fourth-order valence-electron chi connectivity index (χ4n) is 6.16. The molecule has 1 aromatic carbocycles. The maximum absolute atomic E-state index is 14.2. The number of piperidine rings is 1. The van der Waals surface area contributed by atoms with Crippen LogP contribution in [0.25, 0.3) is 0 Å². The number of carbonyl (C=O) groups excluding carboxylic acids is 2. The summed E-state index contributed by atoms with van der Waals surface area (Å²) in [5, 5.41) is 3.13. The zero-order valence-electron chi connectivity index (χ0n) is 24.3. The molecule has 1 aromatic heterocycles. The van der Waals surface area contributed by atoms with Gasteiger partial charge in [-0.3, -0.25) is 14.7 Å². The lowest BCUT2D eigenvalue weighted by Crippen LogP contribution is -2.41. The molecule has 1 aliphatic carbocycles. The maximum atomic E-state index is 14.2. The van der Waals surface area contributed by atoms with Gasteiger partial charge in [-0.2, -0.15) is 4.91 Å². The minimum Gasteiger partial charge on any atom is -0.444 e. The van der Waals surface area contributed by atoms with E-state index in [9.17, 15) is 14.5 Å². The fraction of sp³-hybridized carbons (Fsp3) is 0.581. The quantitative estimate of drug-likeness (QED) is 0.325. The number of benzene rings is 1. The zero-order chi connectivity index (χ0) is 29.1. The molecule has 2 amide bonds. The van der Waals surface area contributed by atoms with Crippen molar-refractivity contribution in [2.75, 3.05) is 18.0 Å². The van der Waals surface area contributed by atoms with Gasteiger partial charge in [0.05, 0.1) is 22.5 Å². The average Bonchev–Trinajstić information content (AvgIpc) is 3.17. The van der Waals surface area contributed by atoms with Gasteiger partial charge < -0.3 is 9.64 Å². The lowest BCUT2D eigenvalue weighted by molar-refractivity contribution is -0.123. The molecule has 0 unspecified atom stereocenters. The number of pyridine rings is 1. The fourth-order valence-corrected chi connectivity index (χ4v) is 6.64. The topological polar surface area (TPSA) is 92.2 Å². The van der Waals surface area contributed by atoms with Gasteiger partial charge in [0.15, 0.2) is 0 Å². The predicted molar refractivity (Wildman–Crippen MR) is 161 cm³/mol. The molecule has 3 heterocycles. The molecule has 2 fully saturated rings. The third-order valence-electron chi connectivity index (χ3n) is 8.03. The van der Waals surface area contributed by atoms with E-state index in [1.54, 1.807) is 9.80 Å². The number of aromatic nitrogens is 1. The van der Waals surface area contributed by atoms with E-state index < -0.39 is 11.0 Å². The maximum Gasteiger partial charge on any atom is 0.410 e. The van der Waals surface area contributed by atoms with Crippen LogP contribution in [0.1, 0.15) is 102 Å². The number of hydrogen-bond acceptors (Lipinski definition) is 6. The van der Waals surface area contributed by atoms with Gasteiger partial charge in [-0.25, -0.2) is 4.79 Å². The second-order valence-corrected chi connectivity index (χ2v) is 12.5. The van der Waals surface area contributed by atoms with Crippen LogP contribution in [0.2, 0.25) is 0 Å². The lowest BCUT2D eigenvalue weighted by atomic mass is 9.72. The third kappa shape index (κ3) is 5.80. The van der Waals surface area contributed by atoms with Crippen molar-refractivity contribution >= 4 is 39.3 Å². The van der Waals surface area contributed by atoms with Crippen molar-refractivity contribution in [2.24, 2.45) is 5.18 Å². The highest BCUT2D eigenvalue weighted by atomic mass is 79.9. The number of anilines is 2. The second kappa shape index (κ2) is 12.4. The van der Waals surface area contributed by atoms with Gasteiger partial charge in [0.25, 0.3) is 0 Å². The Morgan fingerprint density at radius 2 is 1.75 bits per heavy atom. The first-order chi connectivity index (χ1) is 19.1. The van der Waals surface area contributed by atoms with E-state index in [1.807, 2.05) is 65.0 Å². The standard InChI is InChI=1S/C29H35BrN4O4.C2H6/c1-28(2,3)38-27(36)33-16-12-19(13-17-33)22-10-11-24-25(32-22)29(14-5-4-6-15-29)26(35)34(24)23-9-7-8-21(30)20(23)18-31-37;1-2/h7-11,19H,4-6,12-18H2,1-3H3;1-2H3. The predicted octanol–water partition coefficient (Wildman–Crippen LogP) is 8.13. The summed E-state index contributed by atoms with van der Waals surface area (Å²) in [4.78, 5) is 46.8. The van der Waals surface area contributed by atoms with E-state index in [-0.39, 0.29) is 24.5 Å². The first kappa shape index (κ1) is 30.2. The summed E-state index contributed by atoms with van der Waals surface area (Å²) in [7, 11) is 0. The second-order valence-electron chi connectivity index (χ2n) is 11.7. The Bertz CT molecular complexity index is 1240.